The Labute approximate surface area is 201 Å². The smallest absolute Gasteiger partial charge is 0.325 e. The lowest BCUT2D eigenvalue weighted by molar-refractivity contribution is -0.130. The summed E-state index contributed by atoms with van der Waals surface area (Å²) in [5.41, 5.74) is 1.70. The molecule has 33 heavy (non-hydrogen) atoms. The molecular formula is C25H22ClN3O3S. The van der Waals surface area contributed by atoms with Gasteiger partial charge in [-0.3, -0.25) is 14.5 Å². The number of para-hydroxylation sites is 1. The number of amides is 4. The van der Waals surface area contributed by atoms with Crippen molar-refractivity contribution >= 4 is 46.9 Å². The van der Waals surface area contributed by atoms with Crippen molar-refractivity contribution in [3.8, 4) is 0 Å². The molecule has 168 valence electrons. The highest BCUT2D eigenvalue weighted by Gasteiger charge is 2.38. The van der Waals surface area contributed by atoms with Crippen LogP contribution in [0.2, 0.25) is 5.02 Å². The first kappa shape index (κ1) is 22.9. The Hall–Kier alpha value is -3.29. The summed E-state index contributed by atoms with van der Waals surface area (Å²) in [5, 5.41) is 6.16. The number of rotatable bonds is 8. The van der Waals surface area contributed by atoms with Gasteiger partial charge in [-0.05, 0) is 54.8 Å². The Kier molecular flexibility index (Phi) is 7.32. The van der Waals surface area contributed by atoms with E-state index in [0.717, 1.165) is 20.3 Å². The Morgan fingerprint density at radius 2 is 1.67 bits per heavy atom. The molecule has 4 rings (SSSR count). The van der Waals surface area contributed by atoms with E-state index in [1.54, 1.807) is 18.2 Å². The quantitative estimate of drug-likeness (QED) is 0.446. The Morgan fingerprint density at radius 3 is 2.42 bits per heavy atom. The summed E-state index contributed by atoms with van der Waals surface area (Å²) in [5.74, 6) is -0.818. The van der Waals surface area contributed by atoms with Crippen molar-refractivity contribution in [3.05, 3.63) is 89.4 Å². The van der Waals surface area contributed by atoms with E-state index in [1.165, 1.54) is 11.8 Å². The molecular weight excluding hydrogens is 458 g/mol. The van der Waals surface area contributed by atoms with Crippen molar-refractivity contribution in [1.82, 2.24) is 10.2 Å². The zero-order chi connectivity index (χ0) is 23.2. The number of halogens is 1. The van der Waals surface area contributed by atoms with E-state index >= 15 is 0 Å². The largest absolute Gasteiger partial charge is 0.326 e. The van der Waals surface area contributed by atoms with Crippen LogP contribution in [0.1, 0.15) is 12.0 Å². The SMILES string of the molecule is O=C(CN1C(=O)N[C@@H](CCc2ccccc2)C1=O)Nc1ccccc1Sc1ccc(Cl)cc1. The molecule has 3 aromatic carbocycles. The van der Waals surface area contributed by atoms with Crippen molar-refractivity contribution in [1.29, 1.82) is 0 Å². The first-order valence-corrected chi connectivity index (χ1v) is 11.7. The lowest BCUT2D eigenvalue weighted by Gasteiger charge is -2.15. The molecule has 1 fully saturated rings. The summed E-state index contributed by atoms with van der Waals surface area (Å²) in [6.07, 6.45) is 1.14. The van der Waals surface area contributed by atoms with Gasteiger partial charge in [0.05, 0.1) is 5.69 Å². The predicted molar refractivity (Wildman–Crippen MR) is 129 cm³/mol. The predicted octanol–water partition coefficient (Wildman–Crippen LogP) is 4.98. The third-order valence-corrected chi connectivity index (χ3v) is 6.51. The van der Waals surface area contributed by atoms with E-state index in [0.29, 0.717) is 23.6 Å². The average Bonchev–Trinajstić information content (AvgIpc) is 3.08. The first-order valence-electron chi connectivity index (χ1n) is 10.5. The monoisotopic (exact) mass is 479 g/mol. The Morgan fingerprint density at radius 1 is 0.970 bits per heavy atom. The Balaban J connectivity index is 1.36. The molecule has 1 aliphatic rings. The van der Waals surface area contributed by atoms with E-state index in [-0.39, 0.29) is 12.5 Å². The number of hydrogen-bond acceptors (Lipinski definition) is 4. The summed E-state index contributed by atoms with van der Waals surface area (Å²) in [6, 6.07) is 23.3. The van der Waals surface area contributed by atoms with Gasteiger partial charge in [0.2, 0.25) is 5.91 Å². The normalized spacial score (nSPS) is 15.4. The van der Waals surface area contributed by atoms with Crippen LogP contribution in [-0.2, 0) is 16.0 Å². The summed E-state index contributed by atoms with van der Waals surface area (Å²) in [7, 11) is 0. The second kappa shape index (κ2) is 10.6. The van der Waals surface area contributed by atoms with Crippen molar-refractivity contribution in [2.45, 2.75) is 28.7 Å². The molecule has 0 aliphatic carbocycles. The molecule has 0 unspecified atom stereocenters. The van der Waals surface area contributed by atoms with Crippen LogP contribution in [0.25, 0.3) is 0 Å². The molecule has 4 amide bonds. The first-order chi connectivity index (χ1) is 16.0. The van der Waals surface area contributed by atoms with Gasteiger partial charge in [-0.15, -0.1) is 0 Å². The van der Waals surface area contributed by atoms with Crippen LogP contribution in [0, 0.1) is 0 Å². The molecule has 1 saturated heterocycles. The molecule has 8 heteroatoms. The maximum atomic E-state index is 12.7. The molecule has 0 spiro atoms. The number of carbonyl (C=O) groups excluding carboxylic acids is 3. The molecule has 2 N–H and O–H groups in total. The minimum absolute atomic E-state index is 0.341. The molecule has 1 aliphatic heterocycles. The van der Waals surface area contributed by atoms with Gasteiger partial charge in [0.15, 0.2) is 0 Å². The van der Waals surface area contributed by atoms with Gasteiger partial charge in [-0.1, -0.05) is 65.8 Å². The fourth-order valence-electron chi connectivity index (χ4n) is 3.50. The molecule has 3 aromatic rings. The van der Waals surface area contributed by atoms with E-state index in [1.807, 2.05) is 60.7 Å². The lowest BCUT2D eigenvalue weighted by Crippen LogP contribution is -2.38. The lowest BCUT2D eigenvalue weighted by atomic mass is 10.1. The summed E-state index contributed by atoms with van der Waals surface area (Å²) < 4.78 is 0. The highest BCUT2D eigenvalue weighted by atomic mass is 35.5. The number of hydrogen-bond donors (Lipinski definition) is 2. The second-order valence-corrected chi connectivity index (χ2v) is 9.10. The van der Waals surface area contributed by atoms with Crippen LogP contribution >= 0.6 is 23.4 Å². The fraction of sp³-hybridized carbons (Fsp3) is 0.160. The van der Waals surface area contributed by atoms with Crippen molar-refractivity contribution in [2.24, 2.45) is 0 Å². The van der Waals surface area contributed by atoms with Crippen LogP contribution in [-0.4, -0.2) is 35.3 Å². The number of anilines is 1. The maximum Gasteiger partial charge on any atom is 0.325 e. The minimum Gasteiger partial charge on any atom is -0.326 e. The number of benzene rings is 3. The number of carbonyl (C=O) groups is 3. The fourth-order valence-corrected chi connectivity index (χ4v) is 4.53. The number of urea groups is 1. The van der Waals surface area contributed by atoms with Gasteiger partial charge < -0.3 is 10.6 Å². The molecule has 0 aromatic heterocycles. The minimum atomic E-state index is -0.627. The number of imide groups is 1. The van der Waals surface area contributed by atoms with Crippen LogP contribution < -0.4 is 10.6 Å². The van der Waals surface area contributed by atoms with Gasteiger partial charge in [0.1, 0.15) is 12.6 Å². The standard InChI is InChI=1S/C25H22ClN3O3S/c26-18-11-13-19(14-12-18)33-22-9-5-4-8-20(22)27-23(30)16-29-24(31)21(28-25(29)32)15-10-17-6-2-1-3-7-17/h1-9,11-14,21H,10,15-16H2,(H,27,30)(H,28,32)/t21-/m0/s1. The summed E-state index contributed by atoms with van der Waals surface area (Å²) >= 11 is 7.43. The third-order valence-electron chi connectivity index (χ3n) is 5.18. The van der Waals surface area contributed by atoms with Gasteiger partial charge in [0, 0.05) is 14.8 Å². The van der Waals surface area contributed by atoms with Crippen LogP contribution in [0.4, 0.5) is 10.5 Å². The van der Waals surface area contributed by atoms with Crippen LogP contribution in [0.15, 0.2) is 88.7 Å². The summed E-state index contributed by atoms with van der Waals surface area (Å²) in [4.78, 5) is 40.5. The number of nitrogens with zero attached hydrogens (tertiary/aromatic N) is 1. The van der Waals surface area contributed by atoms with Crippen LogP contribution in [0.3, 0.4) is 0 Å². The van der Waals surface area contributed by atoms with E-state index in [4.69, 9.17) is 11.6 Å². The third kappa shape index (κ3) is 5.94. The molecule has 6 nitrogen and oxygen atoms in total. The zero-order valence-electron chi connectivity index (χ0n) is 17.7. The average molecular weight is 480 g/mol. The molecule has 0 radical (unpaired) electrons. The van der Waals surface area contributed by atoms with Crippen molar-refractivity contribution < 1.29 is 14.4 Å². The van der Waals surface area contributed by atoms with Crippen LogP contribution in [0.5, 0.6) is 0 Å². The molecule has 0 saturated carbocycles. The van der Waals surface area contributed by atoms with Crippen molar-refractivity contribution in [3.63, 3.8) is 0 Å². The molecule has 1 atom stereocenters. The van der Waals surface area contributed by atoms with E-state index < -0.39 is 18.0 Å². The Bertz CT molecular complexity index is 1160. The van der Waals surface area contributed by atoms with E-state index in [2.05, 4.69) is 10.6 Å². The molecule has 0 bridgehead atoms. The highest BCUT2D eigenvalue weighted by Crippen LogP contribution is 2.33. The maximum absolute atomic E-state index is 12.7. The van der Waals surface area contributed by atoms with Gasteiger partial charge in [-0.25, -0.2) is 4.79 Å². The number of aryl methyl sites for hydroxylation is 1. The van der Waals surface area contributed by atoms with Crippen molar-refractivity contribution in [2.75, 3.05) is 11.9 Å². The zero-order valence-corrected chi connectivity index (χ0v) is 19.2. The van der Waals surface area contributed by atoms with Gasteiger partial charge in [-0.2, -0.15) is 0 Å². The second-order valence-electron chi connectivity index (χ2n) is 7.55. The molecule has 1 heterocycles. The number of nitrogens with one attached hydrogen (secondary N) is 2. The van der Waals surface area contributed by atoms with E-state index in [9.17, 15) is 14.4 Å². The topological polar surface area (TPSA) is 78.5 Å². The highest BCUT2D eigenvalue weighted by molar-refractivity contribution is 7.99. The summed E-state index contributed by atoms with van der Waals surface area (Å²) in [6.45, 7) is -0.341. The van der Waals surface area contributed by atoms with Gasteiger partial charge >= 0.3 is 6.03 Å². The van der Waals surface area contributed by atoms with Gasteiger partial charge in [0.25, 0.3) is 5.91 Å².